The quantitative estimate of drug-likeness (QED) is 0.339. The highest BCUT2D eigenvalue weighted by Gasteiger charge is 2.12. The van der Waals surface area contributed by atoms with E-state index in [0.29, 0.717) is 17.2 Å². The molecule has 6 heteroatoms. The SMILES string of the molecule is C#CCOc1ccccc1/C=N\Nc1ncnc2c1oc1ccccc12. The van der Waals surface area contributed by atoms with Crippen LogP contribution < -0.4 is 10.2 Å². The first kappa shape index (κ1) is 15.7. The summed E-state index contributed by atoms with van der Waals surface area (Å²) in [5.74, 6) is 3.60. The Bertz CT molecular complexity index is 1140. The Kier molecular flexibility index (Phi) is 4.19. The molecular weight excluding hydrogens is 328 g/mol. The molecule has 0 bridgehead atoms. The Balaban J connectivity index is 1.63. The second kappa shape index (κ2) is 6.95. The standard InChI is InChI=1S/C20H14N4O2/c1-2-11-25-16-9-5-3-7-14(16)12-23-24-20-19-18(21-13-22-20)15-8-4-6-10-17(15)26-19/h1,3-10,12-13H,11H2,(H,21,22,24)/b23-12-. The molecule has 0 radical (unpaired) electrons. The molecule has 2 aromatic heterocycles. The number of para-hydroxylation sites is 2. The van der Waals surface area contributed by atoms with Crippen molar-refractivity contribution in [2.75, 3.05) is 12.0 Å². The van der Waals surface area contributed by atoms with E-state index in [-0.39, 0.29) is 6.61 Å². The van der Waals surface area contributed by atoms with E-state index in [1.807, 2.05) is 48.5 Å². The van der Waals surface area contributed by atoms with Gasteiger partial charge in [-0.05, 0) is 24.3 Å². The van der Waals surface area contributed by atoms with E-state index in [1.54, 1.807) is 6.21 Å². The highest BCUT2D eigenvalue weighted by molar-refractivity contribution is 6.05. The number of anilines is 1. The number of ether oxygens (including phenoxy) is 1. The van der Waals surface area contributed by atoms with E-state index in [9.17, 15) is 0 Å². The Morgan fingerprint density at radius 1 is 1.15 bits per heavy atom. The van der Waals surface area contributed by atoms with Gasteiger partial charge in [0.05, 0.1) is 6.21 Å². The highest BCUT2D eigenvalue weighted by atomic mass is 16.5. The number of furan rings is 1. The van der Waals surface area contributed by atoms with E-state index in [1.165, 1.54) is 6.33 Å². The van der Waals surface area contributed by atoms with Crippen LogP contribution in [-0.4, -0.2) is 22.8 Å². The maximum atomic E-state index is 5.85. The molecule has 0 aliphatic rings. The average Bonchev–Trinajstić information content (AvgIpc) is 3.07. The minimum absolute atomic E-state index is 0.198. The molecule has 0 saturated heterocycles. The van der Waals surface area contributed by atoms with E-state index in [2.05, 4.69) is 26.4 Å². The van der Waals surface area contributed by atoms with Crippen molar-refractivity contribution in [1.29, 1.82) is 0 Å². The number of hydrogen-bond acceptors (Lipinski definition) is 6. The number of nitrogens with zero attached hydrogens (tertiary/aromatic N) is 3. The van der Waals surface area contributed by atoms with Crippen molar-refractivity contribution in [2.45, 2.75) is 0 Å². The van der Waals surface area contributed by atoms with E-state index in [4.69, 9.17) is 15.6 Å². The van der Waals surface area contributed by atoms with Gasteiger partial charge in [-0.3, -0.25) is 5.43 Å². The van der Waals surface area contributed by atoms with Gasteiger partial charge in [-0.1, -0.05) is 30.2 Å². The molecule has 6 nitrogen and oxygen atoms in total. The molecule has 0 amide bonds. The van der Waals surface area contributed by atoms with Gasteiger partial charge >= 0.3 is 0 Å². The smallest absolute Gasteiger partial charge is 0.197 e. The fraction of sp³-hybridized carbons (Fsp3) is 0.0500. The van der Waals surface area contributed by atoms with Crippen LogP contribution in [0.4, 0.5) is 5.82 Å². The van der Waals surface area contributed by atoms with E-state index >= 15 is 0 Å². The summed E-state index contributed by atoms with van der Waals surface area (Å²) in [6.45, 7) is 0.198. The molecular formula is C20H14N4O2. The van der Waals surface area contributed by atoms with Gasteiger partial charge in [0.25, 0.3) is 0 Å². The predicted molar refractivity (Wildman–Crippen MR) is 101 cm³/mol. The highest BCUT2D eigenvalue weighted by Crippen LogP contribution is 2.30. The summed E-state index contributed by atoms with van der Waals surface area (Å²) in [6, 6.07) is 15.2. The van der Waals surface area contributed by atoms with Crippen molar-refractivity contribution >= 4 is 34.1 Å². The zero-order chi connectivity index (χ0) is 17.8. The van der Waals surface area contributed by atoms with Crippen LogP contribution in [0.15, 0.2) is 64.4 Å². The van der Waals surface area contributed by atoms with Crippen molar-refractivity contribution in [3.63, 3.8) is 0 Å². The number of hydrogen-bond donors (Lipinski definition) is 1. The molecule has 4 rings (SSSR count). The Morgan fingerprint density at radius 2 is 2.00 bits per heavy atom. The minimum atomic E-state index is 0.198. The third-order valence-electron chi connectivity index (χ3n) is 3.76. The third kappa shape index (κ3) is 2.94. The number of hydrazone groups is 1. The molecule has 0 aliphatic heterocycles. The molecule has 0 aliphatic carbocycles. The molecule has 26 heavy (non-hydrogen) atoms. The second-order valence-corrected chi connectivity index (χ2v) is 5.40. The topological polar surface area (TPSA) is 72.5 Å². The number of aromatic nitrogens is 2. The van der Waals surface area contributed by atoms with Crippen LogP contribution in [0.1, 0.15) is 5.56 Å². The molecule has 4 aromatic rings. The van der Waals surface area contributed by atoms with Gasteiger partial charge in [0.2, 0.25) is 0 Å². The number of rotatable bonds is 5. The van der Waals surface area contributed by atoms with Crippen LogP contribution in [0.2, 0.25) is 0 Å². The van der Waals surface area contributed by atoms with Gasteiger partial charge < -0.3 is 9.15 Å². The molecule has 0 fully saturated rings. The molecule has 0 saturated carbocycles. The first-order chi connectivity index (χ1) is 12.9. The summed E-state index contributed by atoms with van der Waals surface area (Å²) in [7, 11) is 0. The molecule has 0 unspecified atom stereocenters. The van der Waals surface area contributed by atoms with Gasteiger partial charge in [0, 0.05) is 10.9 Å². The monoisotopic (exact) mass is 342 g/mol. The summed E-state index contributed by atoms with van der Waals surface area (Å²) in [5, 5.41) is 5.18. The zero-order valence-electron chi connectivity index (χ0n) is 13.7. The lowest BCUT2D eigenvalue weighted by molar-refractivity contribution is 0.370. The summed E-state index contributed by atoms with van der Waals surface area (Å²) < 4.78 is 11.4. The van der Waals surface area contributed by atoms with Crippen LogP contribution in [0.3, 0.4) is 0 Å². The number of terminal acetylenes is 1. The lowest BCUT2D eigenvalue weighted by Crippen LogP contribution is -1.99. The van der Waals surface area contributed by atoms with Crippen LogP contribution in [0, 0.1) is 12.3 Å². The van der Waals surface area contributed by atoms with Gasteiger partial charge in [-0.15, -0.1) is 6.42 Å². The number of nitrogens with one attached hydrogen (secondary N) is 1. The summed E-state index contributed by atoms with van der Waals surface area (Å²) >= 11 is 0. The summed E-state index contributed by atoms with van der Waals surface area (Å²) in [4.78, 5) is 8.53. The Labute approximate surface area is 149 Å². The second-order valence-electron chi connectivity index (χ2n) is 5.40. The fourth-order valence-electron chi connectivity index (χ4n) is 2.60. The largest absolute Gasteiger partial charge is 0.480 e. The van der Waals surface area contributed by atoms with Crippen LogP contribution in [0.5, 0.6) is 5.75 Å². The molecule has 1 N–H and O–H groups in total. The number of fused-ring (bicyclic) bond motifs is 3. The van der Waals surface area contributed by atoms with Crippen molar-refractivity contribution in [1.82, 2.24) is 9.97 Å². The summed E-state index contributed by atoms with van der Waals surface area (Å²) in [6.07, 6.45) is 8.36. The summed E-state index contributed by atoms with van der Waals surface area (Å²) in [5.41, 5.74) is 5.76. The van der Waals surface area contributed by atoms with E-state index < -0.39 is 0 Å². The Hall–Kier alpha value is -3.85. The molecule has 126 valence electrons. The van der Waals surface area contributed by atoms with Crippen LogP contribution in [0.25, 0.3) is 22.1 Å². The van der Waals surface area contributed by atoms with Gasteiger partial charge in [-0.25, -0.2) is 9.97 Å². The van der Waals surface area contributed by atoms with Crippen molar-refractivity contribution in [3.05, 3.63) is 60.4 Å². The molecule has 0 atom stereocenters. The zero-order valence-corrected chi connectivity index (χ0v) is 13.7. The van der Waals surface area contributed by atoms with Crippen LogP contribution >= 0.6 is 0 Å². The first-order valence-electron chi connectivity index (χ1n) is 7.93. The van der Waals surface area contributed by atoms with Crippen molar-refractivity contribution in [3.8, 4) is 18.1 Å². The average molecular weight is 342 g/mol. The fourth-order valence-corrected chi connectivity index (χ4v) is 2.60. The van der Waals surface area contributed by atoms with Crippen molar-refractivity contribution in [2.24, 2.45) is 5.10 Å². The van der Waals surface area contributed by atoms with Gasteiger partial charge in [-0.2, -0.15) is 5.10 Å². The molecule has 2 heterocycles. The minimum Gasteiger partial charge on any atom is -0.480 e. The predicted octanol–water partition coefficient (Wildman–Crippen LogP) is 3.83. The maximum Gasteiger partial charge on any atom is 0.197 e. The lowest BCUT2D eigenvalue weighted by atomic mass is 10.2. The lowest BCUT2D eigenvalue weighted by Gasteiger charge is -2.05. The van der Waals surface area contributed by atoms with E-state index in [0.717, 1.165) is 22.0 Å². The maximum absolute atomic E-state index is 5.85. The third-order valence-corrected chi connectivity index (χ3v) is 3.76. The molecule has 2 aromatic carbocycles. The Morgan fingerprint density at radius 3 is 2.92 bits per heavy atom. The number of benzene rings is 2. The normalized spacial score (nSPS) is 11.0. The molecule has 0 spiro atoms. The van der Waals surface area contributed by atoms with Gasteiger partial charge in [0.1, 0.15) is 29.8 Å². The van der Waals surface area contributed by atoms with Crippen molar-refractivity contribution < 1.29 is 9.15 Å². The van der Waals surface area contributed by atoms with Crippen LogP contribution in [-0.2, 0) is 0 Å². The first-order valence-corrected chi connectivity index (χ1v) is 7.93. The van der Waals surface area contributed by atoms with Gasteiger partial charge in [0.15, 0.2) is 11.4 Å².